The molecule has 0 amide bonds. The maximum Gasteiger partial charge on any atom is 0 e. The molecule has 1 fully saturated rings. The quantitative estimate of drug-likeness (QED) is 0.366. The molecule has 0 aliphatic heterocycles. The zero-order chi connectivity index (χ0) is 6.10. The zero-order valence-electron chi connectivity index (χ0n) is 6.42. The van der Waals surface area contributed by atoms with Gasteiger partial charge in [0.1, 0.15) is 0 Å². The number of fused-ring (bicyclic) bond motifs is 1. The summed E-state index contributed by atoms with van der Waals surface area (Å²) in [6.45, 7) is 0. The second-order valence-electron chi connectivity index (χ2n) is 3.37. The summed E-state index contributed by atoms with van der Waals surface area (Å²) in [6, 6.07) is 0. The van der Waals surface area contributed by atoms with E-state index in [0.29, 0.717) is 0 Å². The van der Waals surface area contributed by atoms with Crippen molar-refractivity contribution in [2.45, 2.75) is 39.5 Å². The molecule has 1 saturated carbocycles. The lowest BCUT2D eigenvalue weighted by Gasteiger charge is -2.23. The van der Waals surface area contributed by atoms with Crippen molar-refractivity contribution in [2.24, 2.45) is 11.8 Å². The van der Waals surface area contributed by atoms with E-state index in [0.717, 1.165) is 11.8 Å². The molecular formula is C10H18B. The Morgan fingerprint density at radius 2 is 1.82 bits per heavy atom. The fraction of sp³-hybridized carbons (Fsp3) is 0.800. The van der Waals surface area contributed by atoms with Crippen molar-refractivity contribution in [1.82, 2.24) is 0 Å². The summed E-state index contributed by atoms with van der Waals surface area (Å²) in [6.07, 6.45) is 12.1. The van der Waals surface area contributed by atoms with Gasteiger partial charge in [0, 0.05) is 8.41 Å². The summed E-state index contributed by atoms with van der Waals surface area (Å²) in [7, 11) is 0. The normalized spacial score (nSPS) is 33.5. The van der Waals surface area contributed by atoms with E-state index in [1.165, 1.54) is 32.1 Å². The summed E-state index contributed by atoms with van der Waals surface area (Å²) in [5.41, 5.74) is 0. The van der Waals surface area contributed by atoms with E-state index < -0.39 is 0 Å². The van der Waals surface area contributed by atoms with Crippen LogP contribution in [0.1, 0.15) is 39.5 Å². The molecule has 0 aromatic rings. The van der Waals surface area contributed by atoms with Gasteiger partial charge in [0.05, 0.1) is 0 Å². The Bertz CT molecular complexity index is 129. The molecule has 3 radical (unpaired) electrons. The first-order chi connectivity index (χ1) is 4.47. The highest BCUT2D eigenvalue weighted by atomic mass is 14.3. The van der Waals surface area contributed by atoms with Crippen molar-refractivity contribution >= 4 is 8.41 Å². The van der Waals surface area contributed by atoms with Gasteiger partial charge in [0.2, 0.25) is 0 Å². The van der Waals surface area contributed by atoms with Crippen LogP contribution < -0.4 is 0 Å². The van der Waals surface area contributed by atoms with Gasteiger partial charge >= 0.3 is 0 Å². The molecule has 0 aromatic heterocycles. The molecule has 1 heteroatoms. The smallest absolute Gasteiger partial charge is 0 e. The van der Waals surface area contributed by atoms with Gasteiger partial charge in [-0.2, -0.15) is 0 Å². The zero-order valence-corrected chi connectivity index (χ0v) is 6.42. The lowest BCUT2D eigenvalue weighted by atomic mass is 9.82. The first-order valence-electron chi connectivity index (χ1n) is 4.13. The van der Waals surface area contributed by atoms with E-state index >= 15 is 0 Å². The van der Waals surface area contributed by atoms with E-state index in [9.17, 15) is 0 Å². The molecule has 0 aromatic carbocycles. The van der Waals surface area contributed by atoms with Crippen LogP contribution in [0.25, 0.3) is 0 Å². The van der Waals surface area contributed by atoms with E-state index in [2.05, 4.69) is 12.2 Å². The van der Waals surface area contributed by atoms with Gasteiger partial charge in [-0.05, 0) is 31.1 Å². The van der Waals surface area contributed by atoms with Crippen molar-refractivity contribution in [3.8, 4) is 0 Å². The van der Waals surface area contributed by atoms with Gasteiger partial charge in [0.25, 0.3) is 0 Å². The third-order valence-corrected chi connectivity index (χ3v) is 2.79. The second-order valence-corrected chi connectivity index (χ2v) is 3.37. The molecule has 11 heavy (non-hydrogen) atoms. The largest absolute Gasteiger partial charge is 0.0880 e. The minimum Gasteiger partial charge on any atom is -0.0880 e. The maximum absolute atomic E-state index is 2.43. The molecule has 0 heterocycles. The van der Waals surface area contributed by atoms with Gasteiger partial charge in [-0.3, -0.25) is 0 Å². The molecule has 0 spiro atoms. The first-order valence-corrected chi connectivity index (χ1v) is 4.13. The van der Waals surface area contributed by atoms with Crippen LogP contribution in [-0.4, -0.2) is 8.41 Å². The molecule has 2 unspecified atom stereocenters. The summed E-state index contributed by atoms with van der Waals surface area (Å²) in [5, 5.41) is 0. The Morgan fingerprint density at radius 1 is 1.09 bits per heavy atom. The number of hydrogen-bond acceptors (Lipinski definition) is 0. The molecule has 0 N–H and O–H groups in total. The Morgan fingerprint density at radius 3 is 2.55 bits per heavy atom. The van der Waals surface area contributed by atoms with Crippen LogP contribution in [0.3, 0.4) is 0 Å². The molecule has 2 rings (SSSR count). The van der Waals surface area contributed by atoms with Crippen LogP contribution in [0.2, 0.25) is 0 Å². The van der Waals surface area contributed by atoms with Crippen LogP contribution >= 0.6 is 0 Å². The topological polar surface area (TPSA) is 0 Å². The van der Waals surface area contributed by atoms with Crippen molar-refractivity contribution in [3.05, 3.63) is 12.2 Å². The average Bonchev–Trinajstić information content (AvgIpc) is 2.33. The predicted molar refractivity (Wildman–Crippen MR) is 51.7 cm³/mol. The maximum atomic E-state index is 2.43. The number of rotatable bonds is 0. The molecule has 2 atom stereocenters. The van der Waals surface area contributed by atoms with E-state index in [1.54, 1.807) is 0 Å². The summed E-state index contributed by atoms with van der Waals surface area (Å²) in [4.78, 5) is 0. The van der Waals surface area contributed by atoms with E-state index in [-0.39, 0.29) is 15.8 Å². The lowest BCUT2D eigenvalue weighted by molar-refractivity contribution is 0.304. The Hall–Kier alpha value is -0.195. The molecule has 61 valence electrons. The Kier molecular flexibility index (Phi) is 4.55. The highest BCUT2D eigenvalue weighted by Crippen LogP contribution is 2.37. The van der Waals surface area contributed by atoms with Crippen molar-refractivity contribution in [1.29, 1.82) is 0 Å². The molecule has 2 aliphatic rings. The molecule has 2 aliphatic carbocycles. The van der Waals surface area contributed by atoms with Crippen LogP contribution in [0.4, 0.5) is 0 Å². The number of allylic oxidation sites excluding steroid dienone is 2. The third-order valence-electron chi connectivity index (χ3n) is 2.79. The van der Waals surface area contributed by atoms with Crippen LogP contribution in [0.15, 0.2) is 12.2 Å². The molecule has 0 saturated heterocycles. The molecular weight excluding hydrogens is 131 g/mol. The van der Waals surface area contributed by atoms with Gasteiger partial charge in [-0.15, -0.1) is 0 Å². The van der Waals surface area contributed by atoms with Crippen molar-refractivity contribution < 1.29 is 0 Å². The minimum absolute atomic E-state index is 0. The van der Waals surface area contributed by atoms with Crippen LogP contribution in [-0.2, 0) is 0 Å². The fourth-order valence-electron chi connectivity index (χ4n) is 2.21. The third kappa shape index (κ3) is 2.11. The summed E-state index contributed by atoms with van der Waals surface area (Å²) in [5.74, 6) is 2.04. The Labute approximate surface area is 72.7 Å². The standard InChI is InChI=1S/C9H14.CH4.B/c1-2-5-9-7-3-6-8(9)4-1;;/h3,6,8-9H,1-2,4-5,7H2;1H4;. The van der Waals surface area contributed by atoms with E-state index in [1.807, 2.05) is 0 Å². The highest BCUT2D eigenvalue weighted by molar-refractivity contribution is 5.75. The van der Waals surface area contributed by atoms with Gasteiger partial charge < -0.3 is 0 Å². The van der Waals surface area contributed by atoms with Gasteiger partial charge in [-0.25, -0.2) is 0 Å². The molecule has 0 bridgehead atoms. The average molecular weight is 149 g/mol. The highest BCUT2D eigenvalue weighted by Gasteiger charge is 2.24. The second kappa shape index (κ2) is 4.64. The van der Waals surface area contributed by atoms with Crippen molar-refractivity contribution in [2.75, 3.05) is 0 Å². The molecule has 0 nitrogen and oxygen atoms in total. The van der Waals surface area contributed by atoms with Gasteiger partial charge in [0.15, 0.2) is 0 Å². The van der Waals surface area contributed by atoms with Crippen molar-refractivity contribution in [3.63, 3.8) is 0 Å². The minimum atomic E-state index is 0. The first kappa shape index (κ1) is 10.8. The van der Waals surface area contributed by atoms with Crippen LogP contribution in [0, 0.1) is 11.8 Å². The monoisotopic (exact) mass is 149 g/mol. The predicted octanol–water partition coefficient (Wildman–Crippen LogP) is 3.01. The summed E-state index contributed by atoms with van der Waals surface area (Å²) < 4.78 is 0. The fourth-order valence-corrected chi connectivity index (χ4v) is 2.21. The Balaban J connectivity index is 0.000000500. The summed E-state index contributed by atoms with van der Waals surface area (Å²) >= 11 is 0. The van der Waals surface area contributed by atoms with E-state index in [4.69, 9.17) is 0 Å². The lowest BCUT2D eigenvalue weighted by Crippen LogP contribution is -2.12. The van der Waals surface area contributed by atoms with Crippen LogP contribution in [0.5, 0.6) is 0 Å². The number of hydrogen-bond donors (Lipinski definition) is 0. The van der Waals surface area contributed by atoms with Gasteiger partial charge in [-0.1, -0.05) is 32.4 Å². The SMILES string of the molecule is C.C1=CC2CCCCC2C1.[B].